The normalized spacial score (nSPS) is 11.3. The molecule has 104 valence electrons. The van der Waals surface area contributed by atoms with Gasteiger partial charge < -0.3 is 9.88 Å². The number of hydrogen-bond acceptors (Lipinski definition) is 2. The Morgan fingerprint density at radius 3 is 2.74 bits per heavy atom. The van der Waals surface area contributed by atoms with E-state index in [4.69, 9.17) is 4.98 Å². The molecule has 1 aromatic heterocycles. The standard InChI is InChI=1S/C16H25N3/c1-3-11-17-12-7-8-13-19-15-10-6-5-9-14(15)18-16(19)4-2/h5-6,9-10,17H,3-4,7-8,11-13H2,1-2H3. The molecule has 0 saturated carbocycles. The van der Waals surface area contributed by atoms with E-state index in [0.29, 0.717) is 0 Å². The number of unbranched alkanes of at least 4 members (excludes halogenated alkanes) is 1. The first-order valence-electron chi connectivity index (χ1n) is 7.51. The van der Waals surface area contributed by atoms with E-state index in [2.05, 4.69) is 48.0 Å². The lowest BCUT2D eigenvalue weighted by Crippen LogP contribution is -2.16. The Kier molecular flexibility index (Phi) is 5.40. The van der Waals surface area contributed by atoms with Crippen LogP contribution in [0.5, 0.6) is 0 Å². The molecule has 19 heavy (non-hydrogen) atoms. The molecule has 1 N–H and O–H groups in total. The van der Waals surface area contributed by atoms with Crippen molar-refractivity contribution in [2.45, 2.75) is 46.1 Å². The Balaban J connectivity index is 1.95. The average Bonchev–Trinajstić information content (AvgIpc) is 2.81. The summed E-state index contributed by atoms with van der Waals surface area (Å²) in [5.74, 6) is 1.21. The Hall–Kier alpha value is -1.35. The van der Waals surface area contributed by atoms with Crippen LogP contribution in [0.2, 0.25) is 0 Å². The highest BCUT2D eigenvalue weighted by Crippen LogP contribution is 2.17. The summed E-state index contributed by atoms with van der Waals surface area (Å²) < 4.78 is 2.38. The first-order chi connectivity index (χ1) is 9.36. The zero-order valence-electron chi connectivity index (χ0n) is 12.2. The highest BCUT2D eigenvalue weighted by molar-refractivity contribution is 5.75. The van der Waals surface area contributed by atoms with Gasteiger partial charge in [0.2, 0.25) is 0 Å². The van der Waals surface area contributed by atoms with E-state index in [1.54, 1.807) is 0 Å². The number of aryl methyl sites for hydroxylation is 2. The van der Waals surface area contributed by atoms with Crippen molar-refractivity contribution in [3.05, 3.63) is 30.1 Å². The van der Waals surface area contributed by atoms with Crippen molar-refractivity contribution in [1.29, 1.82) is 0 Å². The van der Waals surface area contributed by atoms with Gasteiger partial charge in [-0.3, -0.25) is 0 Å². The van der Waals surface area contributed by atoms with E-state index in [1.165, 1.54) is 30.6 Å². The molecule has 0 fully saturated rings. The first kappa shape index (κ1) is 14.1. The number of nitrogens with zero attached hydrogens (tertiary/aromatic N) is 2. The number of fused-ring (bicyclic) bond motifs is 1. The van der Waals surface area contributed by atoms with Crippen LogP contribution in [0.3, 0.4) is 0 Å². The Morgan fingerprint density at radius 2 is 1.95 bits per heavy atom. The number of para-hydroxylation sites is 2. The Bertz CT molecular complexity index is 502. The predicted molar refractivity (Wildman–Crippen MR) is 81.5 cm³/mol. The topological polar surface area (TPSA) is 29.9 Å². The van der Waals surface area contributed by atoms with Gasteiger partial charge in [-0.2, -0.15) is 0 Å². The maximum Gasteiger partial charge on any atom is 0.109 e. The Labute approximate surface area is 116 Å². The maximum absolute atomic E-state index is 4.71. The molecule has 2 rings (SSSR count). The Morgan fingerprint density at radius 1 is 1.11 bits per heavy atom. The van der Waals surface area contributed by atoms with E-state index in [9.17, 15) is 0 Å². The summed E-state index contributed by atoms with van der Waals surface area (Å²) in [5.41, 5.74) is 2.41. The fraction of sp³-hybridized carbons (Fsp3) is 0.562. The lowest BCUT2D eigenvalue weighted by Gasteiger charge is -2.08. The van der Waals surface area contributed by atoms with Crippen LogP contribution >= 0.6 is 0 Å². The fourth-order valence-corrected chi connectivity index (χ4v) is 2.47. The number of nitrogens with one attached hydrogen (secondary N) is 1. The van der Waals surface area contributed by atoms with Gasteiger partial charge >= 0.3 is 0 Å². The SMILES string of the molecule is CCCNCCCCn1c(CC)nc2ccccc21. The highest BCUT2D eigenvalue weighted by Gasteiger charge is 2.07. The molecule has 1 heterocycles. The first-order valence-corrected chi connectivity index (χ1v) is 7.51. The van der Waals surface area contributed by atoms with Gasteiger partial charge in [-0.25, -0.2) is 4.98 Å². The smallest absolute Gasteiger partial charge is 0.109 e. The zero-order chi connectivity index (χ0) is 13.5. The van der Waals surface area contributed by atoms with Crippen LogP contribution < -0.4 is 5.32 Å². The molecule has 0 saturated heterocycles. The number of benzene rings is 1. The van der Waals surface area contributed by atoms with Crippen molar-refractivity contribution in [3.8, 4) is 0 Å². The third-order valence-corrected chi connectivity index (χ3v) is 3.46. The van der Waals surface area contributed by atoms with E-state index in [0.717, 1.165) is 31.6 Å². The number of rotatable bonds is 8. The summed E-state index contributed by atoms with van der Waals surface area (Å²) in [4.78, 5) is 4.71. The molecular formula is C16H25N3. The van der Waals surface area contributed by atoms with Crippen molar-refractivity contribution in [2.24, 2.45) is 0 Å². The number of imidazole rings is 1. The summed E-state index contributed by atoms with van der Waals surface area (Å²) in [6.07, 6.45) is 4.66. The summed E-state index contributed by atoms with van der Waals surface area (Å²) in [6, 6.07) is 8.45. The van der Waals surface area contributed by atoms with Crippen LogP contribution in [0.4, 0.5) is 0 Å². The molecule has 1 aromatic carbocycles. The van der Waals surface area contributed by atoms with Gasteiger partial charge in [0.25, 0.3) is 0 Å². The molecule has 0 unspecified atom stereocenters. The second kappa shape index (κ2) is 7.29. The van der Waals surface area contributed by atoms with Gasteiger partial charge in [0, 0.05) is 13.0 Å². The van der Waals surface area contributed by atoms with Crippen LogP contribution in [-0.4, -0.2) is 22.6 Å². The third-order valence-electron chi connectivity index (χ3n) is 3.46. The summed E-state index contributed by atoms with van der Waals surface area (Å²) in [6.45, 7) is 7.73. The minimum atomic E-state index is 1.00. The lowest BCUT2D eigenvalue weighted by atomic mass is 10.2. The molecule has 3 heteroatoms. The van der Waals surface area contributed by atoms with E-state index in [-0.39, 0.29) is 0 Å². The van der Waals surface area contributed by atoms with Crippen molar-refractivity contribution in [1.82, 2.24) is 14.9 Å². The monoisotopic (exact) mass is 259 g/mol. The quantitative estimate of drug-likeness (QED) is 0.737. The molecule has 0 aliphatic carbocycles. The second-order valence-electron chi connectivity index (χ2n) is 4.98. The zero-order valence-corrected chi connectivity index (χ0v) is 12.2. The van der Waals surface area contributed by atoms with Crippen LogP contribution in [0, 0.1) is 0 Å². The average molecular weight is 259 g/mol. The van der Waals surface area contributed by atoms with Gasteiger partial charge in [0.1, 0.15) is 5.82 Å². The molecular weight excluding hydrogens is 234 g/mol. The fourth-order valence-electron chi connectivity index (χ4n) is 2.47. The predicted octanol–water partition coefficient (Wildman–Crippen LogP) is 3.38. The minimum Gasteiger partial charge on any atom is -0.328 e. The molecule has 0 amide bonds. The van der Waals surface area contributed by atoms with Crippen molar-refractivity contribution in [3.63, 3.8) is 0 Å². The van der Waals surface area contributed by atoms with Crippen LogP contribution in [0.15, 0.2) is 24.3 Å². The van der Waals surface area contributed by atoms with Gasteiger partial charge in [0.15, 0.2) is 0 Å². The highest BCUT2D eigenvalue weighted by atomic mass is 15.1. The lowest BCUT2D eigenvalue weighted by molar-refractivity contribution is 0.563. The summed E-state index contributed by atoms with van der Waals surface area (Å²) in [7, 11) is 0. The van der Waals surface area contributed by atoms with Gasteiger partial charge in [0.05, 0.1) is 11.0 Å². The van der Waals surface area contributed by atoms with Crippen molar-refractivity contribution in [2.75, 3.05) is 13.1 Å². The van der Waals surface area contributed by atoms with Crippen molar-refractivity contribution < 1.29 is 0 Å². The molecule has 0 aliphatic heterocycles. The van der Waals surface area contributed by atoms with E-state index < -0.39 is 0 Å². The number of hydrogen-bond donors (Lipinski definition) is 1. The second-order valence-corrected chi connectivity index (χ2v) is 4.98. The maximum atomic E-state index is 4.71. The van der Waals surface area contributed by atoms with Crippen molar-refractivity contribution >= 4 is 11.0 Å². The summed E-state index contributed by atoms with van der Waals surface area (Å²) >= 11 is 0. The molecule has 2 aromatic rings. The van der Waals surface area contributed by atoms with E-state index >= 15 is 0 Å². The minimum absolute atomic E-state index is 1.00. The van der Waals surface area contributed by atoms with Gasteiger partial charge in [-0.05, 0) is 44.5 Å². The van der Waals surface area contributed by atoms with E-state index in [1.807, 2.05) is 0 Å². The molecule has 0 bridgehead atoms. The van der Waals surface area contributed by atoms with Crippen LogP contribution in [0.25, 0.3) is 11.0 Å². The van der Waals surface area contributed by atoms with Gasteiger partial charge in [-0.1, -0.05) is 26.0 Å². The molecule has 0 spiro atoms. The van der Waals surface area contributed by atoms with Crippen LogP contribution in [0.1, 0.15) is 38.9 Å². The van der Waals surface area contributed by atoms with Crippen LogP contribution in [-0.2, 0) is 13.0 Å². The molecule has 0 aliphatic rings. The molecule has 0 atom stereocenters. The summed E-state index contributed by atoms with van der Waals surface area (Å²) in [5, 5.41) is 3.46. The molecule has 3 nitrogen and oxygen atoms in total. The third kappa shape index (κ3) is 3.57. The van der Waals surface area contributed by atoms with Gasteiger partial charge in [-0.15, -0.1) is 0 Å². The largest absolute Gasteiger partial charge is 0.328 e. The number of aromatic nitrogens is 2. The molecule has 0 radical (unpaired) electrons.